The lowest BCUT2D eigenvalue weighted by Gasteiger charge is -2.45. The van der Waals surface area contributed by atoms with Crippen LogP contribution >= 0.6 is 0 Å². The molecule has 0 saturated carbocycles. The number of carbonyl (C=O) groups is 2. The van der Waals surface area contributed by atoms with Gasteiger partial charge in [0.2, 0.25) is 0 Å². The standard InChI is InChI=1S/C18H27N3O2.C2HF3O2/c1-23-14-4-11-21-10-3-6-18(21)7-12-20(13-8-18)17(22)16-5-2-9-19-15-16;3-2(4,5)1(6)7/h2,5,9,15H,3-4,6-8,10-14H2,1H3;(H,6,7). The Labute approximate surface area is 173 Å². The van der Waals surface area contributed by atoms with Crippen LogP contribution in [0, 0.1) is 0 Å². The lowest BCUT2D eigenvalue weighted by molar-refractivity contribution is -0.192. The molecule has 168 valence electrons. The highest BCUT2D eigenvalue weighted by Crippen LogP contribution is 2.38. The number of likely N-dealkylation sites (tertiary alicyclic amines) is 2. The Morgan fingerprint density at radius 2 is 1.90 bits per heavy atom. The Morgan fingerprint density at radius 3 is 2.43 bits per heavy atom. The number of carboxylic acids is 1. The zero-order chi connectivity index (χ0) is 22.2. The molecule has 2 aliphatic heterocycles. The van der Waals surface area contributed by atoms with Crippen molar-refractivity contribution >= 4 is 11.9 Å². The van der Waals surface area contributed by atoms with Gasteiger partial charge in [-0.25, -0.2) is 4.79 Å². The summed E-state index contributed by atoms with van der Waals surface area (Å²) in [5.41, 5.74) is 1.02. The molecule has 3 rings (SSSR count). The molecule has 1 aromatic rings. The number of rotatable bonds is 5. The second kappa shape index (κ2) is 10.7. The van der Waals surface area contributed by atoms with E-state index in [9.17, 15) is 18.0 Å². The molecule has 0 radical (unpaired) electrons. The second-order valence-corrected chi connectivity index (χ2v) is 7.50. The van der Waals surface area contributed by atoms with Gasteiger partial charge >= 0.3 is 12.1 Å². The fraction of sp³-hybridized carbons (Fsp3) is 0.650. The highest BCUT2D eigenvalue weighted by atomic mass is 19.4. The topological polar surface area (TPSA) is 83.0 Å². The predicted octanol–water partition coefficient (Wildman–Crippen LogP) is 2.82. The SMILES string of the molecule is COCCCN1CCCC12CCN(C(=O)c1cccnc1)CC2.O=C(O)C(F)(F)F. The minimum absolute atomic E-state index is 0.122. The molecule has 7 nitrogen and oxygen atoms in total. The Kier molecular flexibility index (Phi) is 8.60. The van der Waals surface area contributed by atoms with E-state index in [0.29, 0.717) is 11.1 Å². The molecule has 1 spiro atoms. The summed E-state index contributed by atoms with van der Waals surface area (Å²) in [7, 11) is 1.77. The third-order valence-corrected chi connectivity index (χ3v) is 5.65. The van der Waals surface area contributed by atoms with Crippen LogP contribution in [0.2, 0.25) is 0 Å². The Balaban J connectivity index is 0.000000396. The van der Waals surface area contributed by atoms with Crippen molar-refractivity contribution < 1.29 is 32.6 Å². The molecule has 30 heavy (non-hydrogen) atoms. The normalized spacial score (nSPS) is 18.7. The van der Waals surface area contributed by atoms with Crippen molar-refractivity contribution in [1.29, 1.82) is 0 Å². The maximum atomic E-state index is 12.6. The number of methoxy groups -OCH3 is 1. The van der Waals surface area contributed by atoms with Gasteiger partial charge in [-0.2, -0.15) is 13.2 Å². The van der Waals surface area contributed by atoms with Crippen LogP contribution in [0.5, 0.6) is 0 Å². The zero-order valence-electron chi connectivity index (χ0n) is 17.0. The quantitative estimate of drug-likeness (QED) is 0.722. The number of aliphatic carboxylic acids is 1. The lowest BCUT2D eigenvalue weighted by atomic mass is 9.84. The Hall–Kier alpha value is -2.20. The van der Waals surface area contributed by atoms with Crippen LogP contribution in [0.1, 0.15) is 42.5 Å². The van der Waals surface area contributed by atoms with Crippen LogP contribution in [-0.4, -0.2) is 83.4 Å². The van der Waals surface area contributed by atoms with E-state index in [1.54, 1.807) is 19.5 Å². The van der Waals surface area contributed by atoms with E-state index in [2.05, 4.69) is 9.88 Å². The summed E-state index contributed by atoms with van der Waals surface area (Å²) >= 11 is 0. The van der Waals surface area contributed by atoms with Crippen molar-refractivity contribution in [3.63, 3.8) is 0 Å². The molecule has 2 saturated heterocycles. The van der Waals surface area contributed by atoms with Crippen LogP contribution in [-0.2, 0) is 9.53 Å². The summed E-state index contributed by atoms with van der Waals surface area (Å²) in [6.45, 7) is 4.85. The first-order valence-corrected chi connectivity index (χ1v) is 9.93. The molecule has 0 aliphatic carbocycles. The van der Waals surface area contributed by atoms with Crippen molar-refractivity contribution in [2.75, 3.05) is 39.9 Å². The predicted molar refractivity (Wildman–Crippen MR) is 103 cm³/mol. The zero-order valence-corrected chi connectivity index (χ0v) is 17.0. The highest BCUT2D eigenvalue weighted by Gasteiger charge is 2.43. The van der Waals surface area contributed by atoms with Gasteiger partial charge in [0.05, 0.1) is 5.56 Å². The molecule has 0 aromatic carbocycles. The molecule has 1 aromatic heterocycles. The first-order valence-electron chi connectivity index (χ1n) is 9.93. The van der Waals surface area contributed by atoms with Crippen LogP contribution in [0.3, 0.4) is 0 Å². The summed E-state index contributed by atoms with van der Waals surface area (Å²) < 4.78 is 36.9. The number of aromatic nitrogens is 1. The number of carbonyl (C=O) groups excluding carboxylic acids is 1. The molecule has 0 atom stereocenters. The Morgan fingerprint density at radius 1 is 1.23 bits per heavy atom. The first-order chi connectivity index (χ1) is 14.2. The first kappa shape index (κ1) is 24.1. The van der Waals surface area contributed by atoms with Gasteiger partial charge < -0.3 is 14.7 Å². The molecule has 10 heteroatoms. The van der Waals surface area contributed by atoms with Crippen molar-refractivity contribution in [1.82, 2.24) is 14.8 Å². The molecular weight excluding hydrogens is 403 g/mol. The fourth-order valence-corrected chi connectivity index (χ4v) is 4.11. The van der Waals surface area contributed by atoms with Gasteiger partial charge in [-0.05, 0) is 50.8 Å². The minimum Gasteiger partial charge on any atom is -0.475 e. The van der Waals surface area contributed by atoms with Gasteiger partial charge in [-0.3, -0.25) is 14.7 Å². The van der Waals surface area contributed by atoms with Gasteiger partial charge in [0, 0.05) is 51.3 Å². The van der Waals surface area contributed by atoms with Crippen LogP contribution < -0.4 is 0 Å². The van der Waals surface area contributed by atoms with E-state index >= 15 is 0 Å². The van der Waals surface area contributed by atoms with Crippen molar-refractivity contribution in [3.05, 3.63) is 30.1 Å². The number of hydrogen-bond acceptors (Lipinski definition) is 5. The summed E-state index contributed by atoms with van der Waals surface area (Å²) in [5, 5.41) is 7.12. The molecule has 0 unspecified atom stereocenters. The molecule has 0 bridgehead atoms. The van der Waals surface area contributed by atoms with E-state index in [1.165, 1.54) is 19.4 Å². The number of nitrogens with zero attached hydrogens (tertiary/aromatic N) is 3. The number of halogens is 3. The average molecular weight is 431 g/mol. The highest BCUT2D eigenvalue weighted by molar-refractivity contribution is 5.93. The maximum Gasteiger partial charge on any atom is 0.490 e. The number of piperidine rings is 1. The maximum absolute atomic E-state index is 12.6. The number of carboxylic acid groups (broad SMARTS) is 1. The van der Waals surface area contributed by atoms with Crippen LogP contribution in [0.25, 0.3) is 0 Å². The van der Waals surface area contributed by atoms with Crippen LogP contribution in [0.15, 0.2) is 24.5 Å². The van der Waals surface area contributed by atoms with E-state index in [0.717, 1.165) is 45.5 Å². The third kappa shape index (κ3) is 6.40. The van der Waals surface area contributed by atoms with Gasteiger partial charge in [0.25, 0.3) is 5.91 Å². The van der Waals surface area contributed by atoms with Crippen LogP contribution in [0.4, 0.5) is 13.2 Å². The summed E-state index contributed by atoms with van der Waals surface area (Å²) in [4.78, 5) is 30.1. The average Bonchev–Trinajstić information content (AvgIpc) is 3.10. The smallest absolute Gasteiger partial charge is 0.475 e. The molecule has 2 fully saturated rings. The largest absolute Gasteiger partial charge is 0.490 e. The third-order valence-electron chi connectivity index (χ3n) is 5.65. The number of alkyl halides is 3. The van der Waals surface area contributed by atoms with E-state index in [4.69, 9.17) is 14.6 Å². The molecule has 2 aliphatic rings. The molecule has 3 heterocycles. The summed E-state index contributed by atoms with van der Waals surface area (Å²) in [5.74, 6) is -2.63. The number of amides is 1. The lowest BCUT2D eigenvalue weighted by Crippen LogP contribution is -2.53. The summed E-state index contributed by atoms with van der Waals surface area (Å²) in [6.07, 6.45) is 4.12. The minimum atomic E-state index is -5.08. The molecule has 1 N–H and O–H groups in total. The van der Waals surface area contributed by atoms with Gasteiger partial charge in [0.1, 0.15) is 0 Å². The van der Waals surface area contributed by atoms with Gasteiger partial charge in [-0.1, -0.05) is 0 Å². The number of pyridine rings is 1. The van der Waals surface area contributed by atoms with Gasteiger partial charge in [-0.15, -0.1) is 0 Å². The van der Waals surface area contributed by atoms with Crippen molar-refractivity contribution in [2.45, 2.75) is 43.8 Å². The second-order valence-electron chi connectivity index (χ2n) is 7.50. The fourth-order valence-electron chi connectivity index (χ4n) is 4.11. The molecular formula is C20H28F3N3O4. The van der Waals surface area contributed by atoms with E-state index in [-0.39, 0.29) is 5.91 Å². The van der Waals surface area contributed by atoms with Crippen molar-refractivity contribution in [3.8, 4) is 0 Å². The molecule has 1 amide bonds. The van der Waals surface area contributed by atoms with Crippen molar-refractivity contribution in [2.24, 2.45) is 0 Å². The Bertz CT molecular complexity index is 692. The summed E-state index contributed by atoms with van der Waals surface area (Å²) in [6, 6.07) is 3.68. The van der Waals surface area contributed by atoms with E-state index in [1.807, 2.05) is 17.0 Å². The number of ether oxygens (including phenoxy) is 1. The monoisotopic (exact) mass is 431 g/mol. The number of hydrogen-bond donors (Lipinski definition) is 1. The van der Waals surface area contributed by atoms with Gasteiger partial charge in [0.15, 0.2) is 0 Å². The van der Waals surface area contributed by atoms with E-state index < -0.39 is 12.1 Å².